The molecule has 0 saturated carbocycles. The monoisotopic (exact) mass is 317 g/mol. The molecular formula is C17H13F2NO3. The highest BCUT2D eigenvalue weighted by Gasteiger charge is 2.15. The lowest BCUT2D eigenvalue weighted by Gasteiger charge is -2.04. The molecule has 0 radical (unpaired) electrons. The van der Waals surface area contributed by atoms with Crippen LogP contribution < -0.4 is 10.1 Å². The molecule has 0 fully saturated rings. The predicted molar refractivity (Wildman–Crippen MR) is 80.3 cm³/mol. The second-order valence-corrected chi connectivity index (χ2v) is 4.91. The summed E-state index contributed by atoms with van der Waals surface area (Å²) in [5.74, 6) is -1.26. The van der Waals surface area contributed by atoms with Gasteiger partial charge in [0.1, 0.15) is 11.6 Å². The third kappa shape index (κ3) is 3.01. The fourth-order valence-electron chi connectivity index (χ4n) is 2.24. The number of nitrogens with one attached hydrogen (secondary N) is 1. The lowest BCUT2D eigenvalue weighted by molar-refractivity contribution is 0.0925. The minimum atomic E-state index is -0.712. The van der Waals surface area contributed by atoms with Gasteiger partial charge in [0, 0.05) is 23.6 Å². The molecule has 1 N–H and O–H groups in total. The molecule has 1 amide bonds. The summed E-state index contributed by atoms with van der Waals surface area (Å²) < 4.78 is 37.0. The molecule has 6 heteroatoms. The number of halogens is 2. The molecule has 3 rings (SSSR count). The van der Waals surface area contributed by atoms with Crippen LogP contribution in [0.5, 0.6) is 5.75 Å². The largest absolute Gasteiger partial charge is 0.493 e. The number of carbonyl (C=O) groups is 1. The van der Waals surface area contributed by atoms with Gasteiger partial charge in [-0.3, -0.25) is 4.79 Å². The van der Waals surface area contributed by atoms with Gasteiger partial charge in [0.2, 0.25) is 0 Å². The van der Waals surface area contributed by atoms with Crippen LogP contribution in [0.3, 0.4) is 0 Å². The van der Waals surface area contributed by atoms with E-state index in [4.69, 9.17) is 9.15 Å². The molecule has 23 heavy (non-hydrogen) atoms. The molecule has 1 aromatic heterocycles. The highest BCUT2D eigenvalue weighted by molar-refractivity contribution is 5.97. The smallest absolute Gasteiger partial charge is 0.287 e. The second-order valence-electron chi connectivity index (χ2n) is 4.91. The lowest BCUT2D eigenvalue weighted by Crippen LogP contribution is -2.22. The quantitative estimate of drug-likeness (QED) is 0.799. The standard InChI is InChI=1S/C17H13F2NO3/c1-22-14-4-2-3-10-7-15(23-16(10)14)17(21)20-9-11-5-6-12(18)8-13(11)19/h2-8H,9H2,1H3,(H,20,21). The van der Waals surface area contributed by atoms with E-state index in [0.29, 0.717) is 11.3 Å². The third-order valence-electron chi connectivity index (χ3n) is 3.41. The van der Waals surface area contributed by atoms with E-state index >= 15 is 0 Å². The minimum absolute atomic E-state index is 0.0703. The van der Waals surface area contributed by atoms with Crippen molar-refractivity contribution in [1.29, 1.82) is 0 Å². The van der Waals surface area contributed by atoms with E-state index in [9.17, 15) is 13.6 Å². The molecule has 0 atom stereocenters. The first-order chi connectivity index (χ1) is 11.1. The maximum atomic E-state index is 13.5. The zero-order chi connectivity index (χ0) is 16.4. The minimum Gasteiger partial charge on any atom is -0.493 e. The van der Waals surface area contributed by atoms with E-state index in [1.54, 1.807) is 24.3 Å². The van der Waals surface area contributed by atoms with Gasteiger partial charge >= 0.3 is 0 Å². The highest BCUT2D eigenvalue weighted by atomic mass is 19.1. The zero-order valence-electron chi connectivity index (χ0n) is 12.2. The number of hydrogen-bond donors (Lipinski definition) is 1. The lowest BCUT2D eigenvalue weighted by atomic mass is 10.2. The van der Waals surface area contributed by atoms with Crippen molar-refractivity contribution in [3.05, 3.63) is 65.4 Å². The van der Waals surface area contributed by atoms with Crippen LogP contribution in [0.2, 0.25) is 0 Å². The summed E-state index contributed by atoms with van der Waals surface area (Å²) in [7, 11) is 1.51. The van der Waals surface area contributed by atoms with Gasteiger partial charge in [0.15, 0.2) is 17.1 Å². The number of hydrogen-bond acceptors (Lipinski definition) is 3. The van der Waals surface area contributed by atoms with Gasteiger partial charge in [-0.1, -0.05) is 18.2 Å². The Morgan fingerprint density at radius 2 is 2.04 bits per heavy atom. The molecule has 2 aromatic carbocycles. The second kappa shape index (κ2) is 6.08. The topological polar surface area (TPSA) is 51.5 Å². The maximum absolute atomic E-state index is 13.5. The van der Waals surface area contributed by atoms with Crippen molar-refractivity contribution in [3.8, 4) is 5.75 Å². The zero-order valence-corrected chi connectivity index (χ0v) is 12.2. The van der Waals surface area contributed by atoms with Crippen molar-refractivity contribution in [3.63, 3.8) is 0 Å². The summed E-state index contributed by atoms with van der Waals surface area (Å²) in [6.45, 7) is -0.0703. The van der Waals surface area contributed by atoms with Crippen LogP contribution in [-0.4, -0.2) is 13.0 Å². The molecule has 1 heterocycles. The average molecular weight is 317 g/mol. The number of fused-ring (bicyclic) bond motifs is 1. The van der Waals surface area contributed by atoms with Crippen LogP contribution in [0, 0.1) is 11.6 Å². The van der Waals surface area contributed by atoms with Crippen LogP contribution in [0.4, 0.5) is 8.78 Å². The van der Waals surface area contributed by atoms with Gasteiger partial charge in [0.25, 0.3) is 5.91 Å². The van der Waals surface area contributed by atoms with Crippen LogP contribution in [0.1, 0.15) is 16.1 Å². The molecule has 0 aliphatic heterocycles. The van der Waals surface area contributed by atoms with Crippen LogP contribution in [-0.2, 0) is 6.54 Å². The van der Waals surface area contributed by atoms with Crippen molar-refractivity contribution < 1.29 is 22.7 Å². The van der Waals surface area contributed by atoms with E-state index in [1.807, 2.05) is 0 Å². The molecule has 3 aromatic rings. The molecule has 0 bridgehead atoms. The Bertz CT molecular complexity index is 873. The Morgan fingerprint density at radius 3 is 2.78 bits per heavy atom. The first kappa shape index (κ1) is 15.0. The fraction of sp³-hybridized carbons (Fsp3) is 0.118. The van der Waals surface area contributed by atoms with Crippen molar-refractivity contribution >= 4 is 16.9 Å². The number of benzene rings is 2. The van der Waals surface area contributed by atoms with E-state index in [1.165, 1.54) is 13.2 Å². The molecule has 0 saturated heterocycles. The van der Waals surface area contributed by atoms with E-state index in [2.05, 4.69) is 5.32 Å². The number of ether oxygens (including phenoxy) is 1. The van der Waals surface area contributed by atoms with Gasteiger partial charge in [-0.15, -0.1) is 0 Å². The van der Waals surface area contributed by atoms with Gasteiger partial charge < -0.3 is 14.5 Å². The molecule has 4 nitrogen and oxygen atoms in total. The molecular weight excluding hydrogens is 304 g/mol. The van der Waals surface area contributed by atoms with Crippen molar-refractivity contribution in [2.24, 2.45) is 0 Å². The number of amides is 1. The maximum Gasteiger partial charge on any atom is 0.287 e. The van der Waals surface area contributed by atoms with Gasteiger partial charge in [-0.05, 0) is 18.2 Å². The number of para-hydroxylation sites is 1. The van der Waals surface area contributed by atoms with Crippen molar-refractivity contribution in [2.45, 2.75) is 6.54 Å². The molecule has 0 aliphatic rings. The first-order valence-electron chi connectivity index (χ1n) is 6.87. The van der Waals surface area contributed by atoms with E-state index in [-0.39, 0.29) is 17.9 Å². The summed E-state index contributed by atoms with van der Waals surface area (Å²) in [4.78, 5) is 12.1. The summed E-state index contributed by atoms with van der Waals surface area (Å²) in [5, 5.41) is 3.26. The van der Waals surface area contributed by atoms with Crippen LogP contribution in [0.15, 0.2) is 46.9 Å². The highest BCUT2D eigenvalue weighted by Crippen LogP contribution is 2.28. The summed E-state index contributed by atoms with van der Waals surface area (Å²) in [6.07, 6.45) is 0. The summed E-state index contributed by atoms with van der Waals surface area (Å²) in [6, 6.07) is 10.1. The Balaban J connectivity index is 1.78. The van der Waals surface area contributed by atoms with Crippen LogP contribution >= 0.6 is 0 Å². The number of furan rings is 1. The summed E-state index contributed by atoms with van der Waals surface area (Å²) in [5.41, 5.74) is 0.654. The van der Waals surface area contributed by atoms with Gasteiger partial charge in [0.05, 0.1) is 7.11 Å². The normalized spacial score (nSPS) is 10.7. The SMILES string of the molecule is COc1cccc2cc(C(=O)NCc3ccc(F)cc3F)oc12. The van der Waals surface area contributed by atoms with Crippen LogP contribution in [0.25, 0.3) is 11.0 Å². The molecule has 0 spiro atoms. The van der Waals surface area contributed by atoms with Crippen molar-refractivity contribution in [2.75, 3.05) is 7.11 Å². The number of carbonyl (C=O) groups excluding carboxylic acids is 1. The average Bonchev–Trinajstić information content (AvgIpc) is 2.98. The van der Waals surface area contributed by atoms with Gasteiger partial charge in [-0.25, -0.2) is 8.78 Å². The number of rotatable bonds is 4. The fourth-order valence-corrected chi connectivity index (χ4v) is 2.24. The number of methoxy groups -OCH3 is 1. The predicted octanol–water partition coefficient (Wildman–Crippen LogP) is 3.65. The molecule has 118 valence electrons. The molecule has 0 unspecified atom stereocenters. The Morgan fingerprint density at radius 1 is 1.22 bits per heavy atom. The van der Waals surface area contributed by atoms with Gasteiger partial charge in [-0.2, -0.15) is 0 Å². The molecule has 0 aliphatic carbocycles. The third-order valence-corrected chi connectivity index (χ3v) is 3.41. The Kier molecular flexibility index (Phi) is 3.97. The van der Waals surface area contributed by atoms with E-state index < -0.39 is 17.5 Å². The Labute approximate surface area is 130 Å². The first-order valence-corrected chi connectivity index (χ1v) is 6.87. The Hall–Kier alpha value is -2.89. The summed E-state index contributed by atoms with van der Waals surface area (Å²) >= 11 is 0. The van der Waals surface area contributed by atoms with E-state index in [0.717, 1.165) is 17.5 Å². The van der Waals surface area contributed by atoms with Crippen molar-refractivity contribution in [1.82, 2.24) is 5.32 Å².